The third-order valence-corrected chi connectivity index (χ3v) is 1.81. The largest absolute Gasteiger partial charge is 0.480 e. The Morgan fingerprint density at radius 1 is 1.33 bits per heavy atom. The van der Waals surface area contributed by atoms with Crippen molar-refractivity contribution in [3.63, 3.8) is 0 Å². The number of nitrogens with two attached hydrogens (primary N) is 1. The van der Waals surface area contributed by atoms with E-state index in [2.05, 4.69) is 0 Å². The summed E-state index contributed by atoms with van der Waals surface area (Å²) in [5.41, 5.74) is 5.00. The van der Waals surface area contributed by atoms with Crippen molar-refractivity contribution in [2.45, 2.75) is 12.8 Å². The molecule has 0 aromatic carbocycles. The third-order valence-electron chi connectivity index (χ3n) is 1.81. The van der Waals surface area contributed by atoms with Crippen LogP contribution in [0.2, 0.25) is 0 Å². The Balaban J connectivity index is 3.79. The Hall–Kier alpha value is -1.14. The molecular formula is C9H18N2O4. The minimum Gasteiger partial charge on any atom is -0.480 e. The number of methoxy groups -OCH3 is 1. The number of aliphatic carboxylic acids is 1. The molecule has 1 amide bonds. The highest BCUT2D eigenvalue weighted by atomic mass is 16.5. The molecule has 0 aromatic heterocycles. The van der Waals surface area contributed by atoms with Crippen molar-refractivity contribution in [3.05, 3.63) is 0 Å². The number of carboxylic acid groups (broad SMARTS) is 1. The average molecular weight is 218 g/mol. The summed E-state index contributed by atoms with van der Waals surface area (Å²) in [6.45, 7) is 1.01. The predicted octanol–water partition coefficient (Wildman–Crippen LogP) is -0.715. The summed E-state index contributed by atoms with van der Waals surface area (Å²) in [6, 6.07) is 0. The van der Waals surface area contributed by atoms with Crippen LogP contribution in [-0.4, -0.2) is 55.2 Å². The van der Waals surface area contributed by atoms with Crippen LogP contribution in [0.4, 0.5) is 0 Å². The van der Waals surface area contributed by atoms with Gasteiger partial charge in [-0.3, -0.25) is 14.5 Å². The molecule has 15 heavy (non-hydrogen) atoms. The zero-order chi connectivity index (χ0) is 11.7. The molecule has 0 rings (SSSR count). The lowest BCUT2D eigenvalue weighted by molar-refractivity contribution is -0.138. The summed E-state index contributed by atoms with van der Waals surface area (Å²) in [6.07, 6.45) is 1.62. The van der Waals surface area contributed by atoms with E-state index in [9.17, 15) is 9.59 Å². The Labute approximate surface area is 89.0 Å². The van der Waals surface area contributed by atoms with Crippen molar-refractivity contribution in [3.8, 4) is 0 Å². The van der Waals surface area contributed by atoms with Crippen LogP contribution < -0.4 is 5.73 Å². The van der Waals surface area contributed by atoms with E-state index in [0.717, 1.165) is 12.8 Å². The van der Waals surface area contributed by atoms with E-state index < -0.39 is 11.9 Å². The van der Waals surface area contributed by atoms with Crippen LogP contribution >= 0.6 is 0 Å². The number of ether oxygens (including phenoxy) is 1. The molecule has 88 valence electrons. The Morgan fingerprint density at radius 3 is 2.47 bits per heavy atom. The molecule has 0 heterocycles. The van der Waals surface area contributed by atoms with Crippen LogP contribution in [0, 0.1) is 0 Å². The minimum atomic E-state index is -0.956. The van der Waals surface area contributed by atoms with Gasteiger partial charge in [-0.25, -0.2) is 0 Å². The maximum atomic E-state index is 10.6. The molecule has 3 N–H and O–H groups in total. The van der Waals surface area contributed by atoms with Crippen molar-refractivity contribution in [2.75, 3.05) is 33.4 Å². The van der Waals surface area contributed by atoms with Crippen molar-refractivity contribution < 1.29 is 19.4 Å². The number of nitrogens with zero attached hydrogens (tertiary/aromatic N) is 1. The standard InChI is InChI=1S/C9H18N2O4/c1-15-5-3-2-4-11(6-8(10)12)7-9(13)14/h2-7H2,1H3,(H2,10,12)(H,13,14). The quantitative estimate of drug-likeness (QED) is 0.498. The van der Waals surface area contributed by atoms with Crippen molar-refractivity contribution >= 4 is 11.9 Å². The fourth-order valence-electron chi connectivity index (χ4n) is 1.21. The summed E-state index contributed by atoms with van der Waals surface area (Å²) < 4.78 is 4.86. The zero-order valence-electron chi connectivity index (χ0n) is 8.94. The highest BCUT2D eigenvalue weighted by molar-refractivity contribution is 5.77. The monoisotopic (exact) mass is 218 g/mol. The van der Waals surface area contributed by atoms with Gasteiger partial charge in [-0.05, 0) is 19.4 Å². The van der Waals surface area contributed by atoms with Crippen LogP contribution in [0.15, 0.2) is 0 Å². The molecule has 0 aliphatic heterocycles. The topological polar surface area (TPSA) is 92.9 Å². The summed E-state index contributed by atoms with van der Waals surface area (Å²) in [5.74, 6) is -1.47. The van der Waals surface area contributed by atoms with E-state index in [4.69, 9.17) is 15.6 Å². The van der Waals surface area contributed by atoms with E-state index in [0.29, 0.717) is 13.2 Å². The second-order valence-corrected chi connectivity index (χ2v) is 3.27. The third kappa shape index (κ3) is 9.17. The summed E-state index contributed by atoms with van der Waals surface area (Å²) in [4.78, 5) is 22.6. The van der Waals surface area contributed by atoms with Crippen molar-refractivity contribution in [2.24, 2.45) is 5.73 Å². The second-order valence-electron chi connectivity index (χ2n) is 3.27. The number of hydrogen-bond acceptors (Lipinski definition) is 4. The van der Waals surface area contributed by atoms with Crippen LogP contribution in [0.25, 0.3) is 0 Å². The Morgan fingerprint density at radius 2 is 2.00 bits per heavy atom. The predicted molar refractivity (Wildman–Crippen MR) is 54.4 cm³/mol. The molecule has 0 atom stereocenters. The van der Waals surface area contributed by atoms with Gasteiger partial charge in [0.25, 0.3) is 0 Å². The first-order valence-corrected chi connectivity index (χ1v) is 4.77. The number of carboxylic acids is 1. The first kappa shape index (κ1) is 13.9. The smallest absolute Gasteiger partial charge is 0.317 e. The lowest BCUT2D eigenvalue weighted by Gasteiger charge is -2.17. The van der Waals surface area contributed by atoms with Gasteiger partial charge in [0.1, 0.15) is 0 Å². The molecule has 0 aliphatic carbocycles. The Kier molecular flexibility index (Phi) is 7.57. The highest BCUT2D eigenvalue weighted by Crippen LogP contribution is 1.95. The van der Waals surface area contributed by atoms with Crippen molar-refractivity contribution in [1.29, 1.82) is 0 Å². The van der Waals surface area contributed by atoms with Gasteiger partial charge in [-0.15, -0.1) is 0 Å². The number of carbonyl (C=O) groups is 2. The first-order valence-electron chi connectivity index (χ1n) is 4.77. The van der Waals surface area contributed by atoms with E-state index in [-0.39, 0.29) is 13.1 Å². The van der Waals surface area contributed by atoms with Crippen molar-refractivity contribution in [1.82, 2.24) is 4.90 Å². The summed E-state index contributed by atoms with van der Waals surface area (Å²) >= 11 is 0. The van der Waals surface area contributed by atoms with Gasteiger partial charge in [-0.2, -0.15) is 0 Å². The molecule has 0 fully saturated rings. The molecule has 0 bridgehead atoms. The summed E-state index contributed by atoms with van der Waals surface area (Å²) in [5, 5.41) is 8.58. The number of rotatable bonds is 9. The molecule has 6 nitrogen and oxygen atoms in total. The van der Waals surface area contributed by atoms with Gasteiger partial charge in [0.15, 0.2) is 0 Å². The maximum absolute atomic E-state index is 10.6. The van der Waals surface area contributed by atoms with Crippen LogP contribution in [0.5, 0.6) is 0 Å². The molecule has 0 aromatic rings. The number of unbranched alkanes of at least 4 members (excludes halogenated alkanes) is 1. The van der Waals surface area contributed by atoms with Gasteiger partial charge in [0, 0.05) is 13.7 Å². The fourth-order valence-corrected chi connectivity index (χ4v) is 1.21. The number of amides is 1. The van der Waals surface area contributed by atoms with Gasteiger partial charge >= 0.3 is 5.97 Å². The van der Waals surface area contributed by atoms with E-state index in [1.54, 1.807) is 7.11 Å². The second kappa shape index (κ2) is 8.19. The molecule has 0 spiro atoms. The Bertz CT molecular complexity index is 192. The molecule has 0 aliphatic rings. The number of primary amides is 1. The molecule has 0 saturated heterocycles. The van der Waals surface area contributed by atoms with E-state index in [1.165, 1.54) is 4.90 Å². The van der Waals surface area contributed by atoms with Crippen LogP contribution in [0.1, 0.15) is 12.8 Å². The van der Waals surface area contributed by atoms with Crippen LogP contribution in [-0.2, 0) is 14.3 Å². The van der Waals surface area contributed by atoms with E-state index >= 15 is 0 Å². The van der Waals surface area contributed by atoms with Gasteiger partial charge in [-0.1, -0.05) is 0 Å². The lowest BCUT2D eigenvalue weighted by Crippen LogP contribution is -2.38. The maximum Gasteiger partial charge on any atom is 0.317 e. The minimum absolute atomic E-state index is 0.0146. The molecule has 0 unspecified atom stereocenters. The molecule has 0 saturated carbocycles. The van der Waals surface area contributed by atoms with E-state index in [1.807, 2.05) is 0 Å². The SMILES string of the molecule is COCCCCN(CC(N)=O)CC(=O)O. The normalized spacial score (nSPS) is 10.5. The van der Waals surface area contributed by atoms with Crippen LogP contribution in [0.3, 0.4) is 0 Å². The fraction of sp³-hybridized carbons (Fsp3) is 0.778. The first-order chi connectivity index (χ1) is 7.06. The molecular weight excluding hydrogens is 200 g/mol. The number of hydrogen-bond donors (Lipinski definition) is 2. The number of carbonyl (C=O) groups excluding carboxylic acids is 1. The zero-order valence-corrected chi connectivity index (χ0v) is 8.94. The van der Waals surface area contributed by atoms with Gasteiger partial charge in [0.2, 0.25) is 5.91 Å². The lowest BCUT2D eigenvalue weighted by atomic mass is 10.3. The summed E-state index contributed by atoms with van der Waals surface area (Å²) in [7, 11) is 1.61. The van der Waals surface area contributed by atoms with Gasteiger partial charge in [0.05, 0.1) is 13.1 Å². The molecule has 0 radical (unpaired) electrons. The highest BCUT2D eigenvalue weighted by Gasteiger charge is 2.11. The average Bonchev–Trinajstić information content (AvgIpc) is 2.10. The molecule has 6 heteroatoms. The van der Waals surface area contributed by atoms with Gasteiger partial charge < -0.3 is 15.6 Å².